The average Bonchev–Trinajstić information content (AvgIpc) is 2.56. The van der Waals surface area contributed by atoms with Gasteiger partial charge in [0, 0.05) is 18.6 Å². The molecule has 2 rings (SSSR count). The van der Waals surface area contributed by atoms with Crippen molar-refractivity contribution >= 4 is 0 Å². The molecule has 0 aliphatic carbocycles. The standard InChI is InChI=1S/C13H26N2/c1-2-3-4-5-9-15-10-8-12-6-7-13(11-15)14-12/h12-14H,2-11H2,1H3. The van der Waals surface area contributed by atoms with Gasteiger partial charge in [0.05, 0.1) is 0 Å². The van der Waals surface area contributed by atoms with Crippen molar-refractivity contribution in [2.75, 3.05) is 19.6 Å². The van der Waals surface area contributed by atoms with Gasteiger partial charge in [-0.1, -0.05) is 26.2 Å². The summed E-state index contributed by atoms with van der Waals surface area (Å²) in [6.07, 6.45) is 9.82. The van der Waals surface area contributed by atoms with Gasteiger partial charge >= 0.3 is 0 Å². The number of nitrogens with one attached hydrogen (secondary N) is 1. The van der Waals surface area contributed by atoms with Crippen LogP contribution in [-0.4, -0.2) is 36.6 Å². The molecule has 2 fully saturated rings. The summed E-state index contributed by atoms with van der Waals surface area (Å²) in [5.74, 6) is 0. The molecule has 2 atom stereocenters. The molecule has 1 N–H and O–H groups in total. The summed E-state index contributed by atoms with van der Waals surface area (Å²) >= 11 is 0. The molecule has 88 valence electrons. The molecule has 0 spiro atoms. The highest BCUT2D eigenvalue weighted by Crippen LogP contribution is 2.20. The molecule has 0 aromatic carbocycles. The summed E-state index contributed by atoms with van der Waals surface area (Å²) in [5, 5.41) is 3.74. The molecule has 0 aromatic heterocycles. The maximum Gasteiger partial charge on any atom is 0.0198 e. The second-order valence-electron chi connectivity index (χ2n) is 5.29. The number of hydrogen-bond acceptors (Lipinski definition) is 2. The number of hydrogen-bond donors (Lipinski definition) is 1. The highest BCUT2D eigenvalue weighted by molar-refractivity contribution is 4.89. The van der Waals surface area contributed by atoms with Crippen LogP contribution in [0.25, 0.3) is 0 Å². The number of likely N-dealkylation sites (tertiary alicyclic amines) is 1. The fourth-order valence-corrected chi connectivity index (χ4v) is 2.98. The molecular weight excluding hydrogens is 184 g/mol. The summed E-state index contributed by atoms with van der Waals surface area (Å²) in [6.45, 7) is 6.27. The Morgan fingerprint density at radius 2 is 1.93 bits per heavy atom. The maximum atomic E-state index is 3.74. The zero-order valence-corrected chi connectivity index (χ0v) is 10.2. The molecule has 2 aliphatic heterocycles. The number of unbranched alkanes of at least 4 members (excludes halogenated alkanes) is 3. The van der Waals surface area contributed by atoms with Crippen LogP contribution in [0.2, 0.25) is 0 Å². The largest absolute Gasteiger partial charge is 0.310 e. The molecule has 0 aromatic rings. The van der Waals surface area contributed by atoms with E-state index in [0.29, 0.717) is 0 Å². The lowest BCUT2D eigenvalue weighted by molar-refractivity contribution is 0.253. The predicted octanol–water partition coefficient (Wildman–Crippen LogP) is 2.39. The summed E-state index contributed by atoms with van der Waals surface area (Å²) in [4.78, 5) is 2.69. The third-order valence-corrected chi connectivity index (χ3v) is 3.94. The summed E-state index contributed by atoms with van der Waals surface area (Å²) in [6, 6.07) is 1.65. The third-order valence-electron chi connectivity index (χ3n) is 3.94. The normalized spacial score (nSPS) is 31.8. The molecular formula is C13H26N2. The Labute approximate surface area is 94.4 Å². The van der Waals surface area contributed by atoms with Crippen LogP contribution in [0.3, 0.4) is 0 Å². The second-order valence-corrected chi connectivity index (χ2v) is 5.29. The van der Waals surface area contributed by atoms with E-state index in [0.717, 1.165) is 12.1 Å². The van der Waals surface area contributed by atoms with Crippen molar-refractivity contribution < 1.29 is 0 Å². The Balaban J connectivity index is 1.65. The lowest BCUT2D eigenvalue weighted by Gasteiger charge is -2.23. The quantitative estimate of drug-likeness (QED) is 0.701. The maximum absolute atomic E-state index is 3.74. The van der Waals surface area contributed by atoms with Gasteiger partial charge in [-0.05, 0) is 38.8 Å². The zero-order valence-electron chi connectivity index (χ0n) is 10.2. The van der Waals surface area contributed by atoms with Gasteiger partial charge in [0.25, 0.3) is 0 Å². The Bertz CT molecular complexity index is 181. The smallest absolute Gasteiger partial charge is 0.0198 e. The molecule has 0 amide bonds. The summed E-state index contributed by atoms with van der Waals surface area (Å²) in [5.41, 5.74) is 0. The van der Waals surface area contributed by atoms with Crippen LogP contribution < -0.4 is 5.32 Å². The Morgan fingerprint density at radius 3 is 2.80 bits per heavy atom. The molecule has 2 heterocycles. The van der Waals surface area contributed by atoms with Gasteiger partial charge in [-0.25, -0.2) is 0 Å². The van der Waals surface area contributed by atoms with Crippen LogP contribution in [0.15, 0.2) is 0 Å². The van der Waals surface area contributed by atoms with Gasteiger partial charge in [-0.2, -0.15) is 0 Å². The van der Waals surface area contributed by atoms with Crippen LogP contribution >= 0.6 is 0 Å². The van der Waals surface area contributed by atoms with Crippen molar-refractivity contribution in [2.45, 2.75) is 64.0 Å². The van der Waals surface area contributed by atoms with E-state index in [9.17, 15) is 0 Å². The van der Waals surface area contributed by atoms with Gasteiger partial charge in [0.2, 0.25) is 0 Å². The first-order valence-corrected chi connectivity index (χ1v) is 6.87. The van der Waals surface area contributed by atoms with E-state index in [2.05, 4.69) is 17.1 Å². The van der Waals surface area contributed by atoms with Crippen LogP contribution in [0.5, 0.6) is 0 Å². The first-order chi connectivity index (χ1) is 7.38. The van der Waals surface area contributed by atoms with E-state index >= 15 is 0 Å². The first-order valence-electron chi connectivity index (χ1n) is 6.87. The van der Waals surface area contributed by atoms with Crippen molar-refractivity contribution in [2.24, 2.45) is 0 Å². The van der Waals surface area contributed by atoms with Crippen molar-refractivity contribution in [3.8, 4) is 0 Å². The average molecular weight is 210 g/mol. The molecule has 2 nitrogen and oxygen atoms in total. The van der Waals surface area contributed by atoms with Crippen molar-refractivity contribution in [3.63, 3.8) is 0 Å². The molecule has 2 heteroatoms. The fraction of sp³-hybridized carbons (Fsp3) is 1.00. The number of nitrogens with zero attached hydrogens (tertiary/aromatic N) is 1. The highest BCUT2D eigenvalue weighted by atomic mass is 15.2. The van der Waals surface area contributed by atoms with E-state index in [4.69, 9.17) is 0 Å². The minimum absolute atomic E-state index is 0.809. The van der Waals surface area contributed by atoms with E-state index in [1.54, 1.807) is 0 Å². The van der Waals surface area contributed by atoms with Crippen molar-refractivity contribution in [1.82, 2.24) is 10.2 Å². The summed E-state index contributed by atoms with van der Waals surface area (Å²) in [7, 11) is 0. The van der Waals surface area contributed by atoms with E-state index in [-0.39, 0.29) is 0 Å². The van der Waals surface area contributed by atoms with Gasteiger partial charge in [-0.15, -0.1) is 0 Å². The van der Waals surface area contributed by atoms with Crippen LogP contribution in [0.1, 0.15) is 51.9 Å². The Morgan fingerprint density at radius 1 is 1.07 bits per heavy atom. The summed E-state index contributed by atoms with van der Waals surface area (Å²) < 4.78 is 0. The molecule has 2 bridgehead atoms. The van der Waals surface area contributed by atoms with E-state index in [1.807, 2.05) is 0 Å². The Kier molecular flexibility index (Phi) is 4.45. The molecule has 2 unspecified atom stereocenters. The highest BCUT2D eigenvalue weighted by Gasteiger charge is 2.28. The van der Waals surface area contributed by atoms with E-state index in [1.165, 1.54) is 64.6 Å². The Hall–Kier alpha value is -0.0800. The monoisotopic (exact) mass is 210 g/mol. The number of rotatable bonds is 5. The minimum Gasteiger partial charge on any atom is -0.310 e. The SMILES string of the molecule is CCCCCCN1CCC2CCC(C1)N2. The molecule has 0 saturated carbocycles. The van der Waals surface area contributed by atoms with Crippen LogP contribution in [0.4, 0.5) is 0 Å². The molecule has 15 heavy (non-hydrogen) atoms. The van der Waals surface area contributed by atoms with Crippen LogP contribution in [-0.2, 0) is 0 Å². The predicted molar refractivity (Wildman–Crippen MR) is 65.1 cm³/mol. The molecule has 2 saturated heterocycles. The van der Waals surface area contributed by atoms with Gasteiger partial charge in [0.15, 0.2) is 0 Å². The molecule has 0 radical (unpaired) electrons. The topological polar surface area (TPSA) is 15.3 Å². The third kappa shape index (κ3) is 3.46. The van der Waals surface area contributed by atoms with E-state index < -0.39 is 0 Å². The second kappa shape index (κ2) is 5.86. The van der Waals surface area contributed by atoms with Gasteiger partial charge in [0.1, 0.15) is 0 Å². The van der Waals surface area contributed by atoms with Gasteiger partial charge < -0.3 is 10.2 Å². The van der Waals surface area contributed by atoms with Crippen molar-refractivity contribution in [1.29, 1.82) is 0 Å². The minimum atomic E-state index is 0.809. The van der Waals surface area contributed by atoms with Crippen molar-refractivity contribution in [3.05, 3.63) is 0 Å². The first kappa shape index (κ1) is 11.4. The lowest BCUT2D eigenvalue weighted by Crippen LogP contribution is -2.35. The van der Waals surface area contributed by atoms with Crippen LogP contribution in [0, 0.1) is 0 Å². The lowest BCUT2D eigenvalue weighted by atomic mass is 10.1. The molecule has 2 aliphatic rings. The zero-order chi connectivity index (χ0) is 10.5. The van der Waals surface area contributed by atoms with Gasteiger partial charge in [-0.3, -0.25) is 0 Å². The number of fused-ring (bicyclic) bond motifs is 2. The fourth-order valence-electron chi connectivity index (χ4n) is 2.98.